The van der Waals surface area contributed by atoms with E-state index >= 15 is 0 Å². The van der Waals surface area contributed by atoms with Crippen molar-refractivity contribution >= 4 is 15.9 Å². The van der Waals surface area contributed by atoms with Gasteiger partial charge in [-0.1, -0.05) is 0 Å². The van der Waals surface area contributed by atoms with E-state index < -0.39 is 6.23 Å². The first-order valence-electron chi connectivity index (χ1n) is 4.02. The second-order valence-electron chi connectivity index (χ2n) is 2.74. The Morgan fingerprint density at radius 2 is 2.14 bits per heavy atom. The summed E-state index contributed by atoms with van der Waals surface area (Å²) >= 11 is 3.17. The lowest BCUT2D eigenvalue weighted by Crippen LogP contribution is -2.15. The summed E-state index contributed by atoms with van der Waals surface area (Å²) in [6, 6.07) is 3.19. The van der Waals surface area contributed by atoms with E-state index in [1.807, 2.05) is 0 Å². The minimum Gasteiger partial charge on any atom is -0.503 e. The number of phenols is 1. The van der Waals surface area contributed by atoms with Gasteiger partial charge in [-0.2, -0.15) is 0 Å². The number of hydrogen-bond acceptors (Lipinski definition) is 4. The minimum absolute atomic E-state index is 0.0274. The van der Waals surface area contributed by atoms with Crippen LogP contribution in [0.25, 0.3) is 0 Å². The summed E-state index contributed by atoms with van der Waals surface area (Å²) in [5, 5.41) is 21.7. The summed E-state index contributed by atoms with van der Waals surface area (Å²) in [4.78, 5) is 0. The molecule has 14 heavy (non-hydrogen) atoms. The normalized spacial score (nSPS) is 12.6. The number of halogens is 1. The minimum atomic E-state index is -0.777. The smallest absolute Gasteiger partial charge is 0.172 e. The maximum absolute atomic E-state index is 9.50. The van der Waals surface area contributed by atoms with Gasteiger partial charge in [-0.15, -0.1) is 0 Å². The highest BCUT2D eigenvalue weighted by Crippen LogP contribution is 2.36. The number of phenolic OH excluding ortho intramolecular Hbond substituents is 1. The van der Waals surface area contributed by atoms with E-state index in [4.69, 9.17) is 4.74 Å². The first-order valence-corrected chi connectivity index (χ1v) is 4.81. The lowest BCUT2D eigenvalue weighted by molar-refractivity contribution is 0.149. The van der Waals surface area contributed by atoms with E-state index in [1.165, 1.54) is 7.11 Å². The van der Waals surface area contributed by atoms with Crippen LogP contribution in [-0.4, -0.2) is 24.4 Å². The number of aliphatic hydroxyl groups excluding tert-OH is 1. The molecule has 0 amide bonds. The Hall–Kier alpha value is -0.780. The van der Waals surface area contributed by atoms with Crippen LogP contribution in [-0.2, 0) is 0 Å². The van der Waals surface area contributed by atoms with Gasteiger partial charge < -0.3 is 14.9 Å². The molecule has 5 heteroatoms. The molecule has 3 N–H and O–H groups in total. The van der Waals surface area contributed by atoms with Crippen LogP contribution in [0.5, 0.6) is 11.5 Å². The standard InChI is InChI=1S/C9H12BrNO3/c1-11-9(13)5-3-6(10)8(12)7(4-5)14-2/h3-4,9,11-13H,1-2H3. The molecular weight excluding hydrogens is 250 g/mol. The van der Waals surface area contributed by atoms with Crippen LogP contribution in [0.2, 0.25) is 0 Å². The molecular formula is C9H12BrNO3. The average Bonchev–Trinajstić information content (AvgIpc) is 2.20. The van der Waals surface area contributed by atoms with Crippen molar-refractivity contribution in [2.24, 2.45) is 0 Å². The van der Waals surface area contributed by atoms with E-state index in [1.54, 1.807) is 19.2 Å². The van der Waals surface area contributed by atoms with E-state index in [0.29, 0.717) is 15.8 Å². The van der Waals surface area contributed by atoms with Crippen molar-refractivity contribution in [2.45, 2.75) is 6.23 Å². The van der Waals surface area contributed by atoms with Crippen molar-refractivity contribution in [3.05, 3.63) is 22.2 Å². The third-order valence-electron chi connectivity index (χ3n) is 1.86. The van der Waals surface area contributed by atoms with Gasteiger partial charge >= 0.3 is 0 Å². The van der Waals surface area contributed by atoms with Crippen molar-refractivity contribution in [3.63, 3.8) is 0 Å². The van der Waals surface area contributed by atoms with Crippen LogP contribution in [0.3, 0.4) is 0 Å². The van der Waals surface area contributed by atoms with Crippen LogP contribution in [0.4, 0.5) is 0 Å². The van der Waals surface area contributed by atoms with Gasteiger partial charge in [0.25, 0.3) is 0 Å². The first-order chi connectivity index (χ1) is 6.60. The van der Waals surface area contributed by atoms with Gasteiger partial charge in [-0.25, -0.2) is 0 Å². The number of nitrogens with one attached hydrogen (secondary N) is 1. The first kappa shape index (κ1) is 11.3. The number of aromatic hydroxyl groups is 1. The van der Waals surface area contributed by atoms with Crippen LogP contribution < -0.4 is 10.1 Å². The monoisotopic (exact) mass is 261 g/mol. The second-order valence-corrected chi connectivity index (χ2v) is 3.60. The molecule has 4 nitrogen and oxygen atoms in total. The fourth-order valence-corrected chi connectivity index (χ4v) is 1.53. The van der Waals surface area contributed by atoms with E-state index in [2.05, 4.69) is 21.2 Å². The maximum atomic E-state index is 9.50. The Morgan fingerprint density at radius 3 is 2.64 bits per heavy atom. The Bertz CT molecular complexity index is 330. The number of methoxy groups -OCH3 is 1. The number of ether oxygens (including phenoxy) is 1. The number of aliphatic hydroxyl groups is 1. The van der Waals surface area contributed by atoms with Crippen LogP contribution in [0.1, 0.15) is 11.8 Å². The zero-order valence-electron chi connectivity index (χ0n) is 7.91. The molecule has 0 aliphatic carbocycles. The third-order valence-corrected chi connectivity index (χ3v) is 2.46. The summed E-state index contributed by atoms with van der Waals surface area (Å²) in [5.41, 5.74) is 0.619. The zero-order valence-corrected chi connectivity index (χ0v) is 9.50. The van der Waals surface area contributed by atoms with Crippen LogP contribution in [0.15, 0.2) is 16.6 Å². The molecule has 0 heterocycles. The van der Waals surface area contributed by atoms with E-state index in [9.17, 15) is 10.2 Å². The van der Waals surface area contributed by atoms with E-state index in [0.717, 1.165) is 0 Å². The topological polar surface area (TPSA) is 61.7 Å². The Morgan fingerprint density at radius 1 is 1.50 bits per heavy atom. The van der Waals surface area contributed by atoms with E-state index in [-0.39, 0.29) is 5.75 Å². The van der Waals surface area contributed by atoms with Gasteiger partial charge in [0, 0.05) is 5.56 Å². The van der Waals surface area contributed by atoms with Gasteiger partial charge in [0.15, 0.2) is 11.5 Å². The highest BCUT2D eigenvalue weighted by molar-refractivity contribution is 9.10. The predicted octanol–water partition coefficient (Wildman–Crippen LogP) is 1.37. The summed E-state index contributed by atoms with van der Waals surface area (Å²) in [5.74, 6) is 0.350. The molecule has 0 spiro atoms. The zero-order chi connectivity index (χ0) is 10.7. The van der Waals surface area contributed by atoms with Gasteiger partial charge in [-0.3, -0.25) is 5.32 Å². The molecule has 0 aliphatic heterocycles. The molecule has 0 bridgehead atoms. The van der Waals surface area contributed by atoms with Gasteiger partial charge in [-0.05, 0) is 35.1 Å². The lowest BCUT2D eigenvalue weighted by Gasteiger charge is -2.13. The van der Waals surface area contributed by atoms with Gasteiger partial charge in [0.2, 0.25) is 0 Å². The van der Waals surface area contributed by atoms with Crippen molar-refractivity contribution in [3.8, 4) is 11.5 Å². The summed E-state index contributed by atoms with van der Waals surface area (Å²) in [7, 11) is 3.09. The summed E-state index contributed by atoms with van der Waals surface area (Å²) in [6.07, 6.45) is -0.777. The van der Waals surface area contributed by atoms with Crippen molar-refractivity contribution in [1.29, 1.82) is 0 Å². The SMILES string of the molecule is CNC(O)c1cc(Br)c(O)c(OC)c1. The largest absolute Gasteiger partial charge is 0.503 e. The molecule has 0 aromatic heterocycles. The molecule has 78 valence electrons. The number of hydrogen-bond donors (Lipinski definition) is 3. The molecule has 0 saturated heterocycles. The molecule has 0 radical (unpaired) electrons. The fraction of sp³-hybridized carbons (Fsp3) is 0.333. The second kappa shape index (κ2) is 4.63. The highest BCUT2D eigenvalue weighted by atomic mass is 79.9. The summed E-state index contributed by atoms with van der Waals surface area (Å²) < 4.78 is 5.43. The number of benzene rings is 1. The molecule has 1 rings (SSSR count). The molecule has 0 saturated carbocycles. The van der Waals surface area contributed by atoms with Gasteiger partial charge in [0.05, 0.1) is 11.6 Å². The third kappa shape index (κ3) is 2.17. The van der Waals surface area contributed by atoms with Crippen molar-refractivity contribution in [2.75, 3.05) is 14.2 Å². The quantitative estimate of drug-likeness (QED) is 0.720. The average molecular weight is 262 g/mol. The van der Waals surface area contributed by atoms with Crippen LogP contribution in [0, 0.1) is 0 Å². The summed E-state index contributed by atoms with van der Waals surface area (Å²) in [6.45, 7) is 0. The fourth-order valence-electron chi connectivity index (χ4n) is 1.07. The Kier molecular flexibility index (Phi) is 3.74. The van der Waals surface area contributed by atoms with Gasteiger partial charge in [0.1, 0.15) is 6.23 Å². The molecule has 1 aromatic rings. The number of rotatable bonds is 3. The Labute approximate surface area is 90.6 Å². The molecule has 0 aliphatic rings. The van der Waals surface area contributed by atoms with Crippen molar-refractivity contribution < 1.29 is 14.9 Å². The maximum Gasteiger partial charge on any atom is 0.172 e. The molecule has 1 atom stereocenters. The van der Waals surface area contributed by atoms with Crippen molar-refractivity contribution in [1.82, 2.24) is 5.32 Å². The Balaban J connectivity index is 3.16. The molecule has 1 unspecified atom stereocenters. The highest BCUT2D eigenvalue weighted by Gasteiger charge is 2.12. The molecule has 1 aromatic carbocycles. The molecule has 0 fully saturated rings. The van der Waals surface area contributed by atoms with Crippen LogP contribution >= 0.6 is 15.9 Å². The predicted molar refractivity (Wildman–Crippen MR) is 56.4 cm³/mol. The lowest BCUT2D eigenvalue weighted by atomic mass is 10.2.